The van der Waals surface area contributed by atoms with Crippen molar-refractivity contribution >= 4 is 32.3 Å². The molecule has 0 saturated heterocycles. The van der Waals surface area contributed by atoms with Crippen molar-refractivity contribution in [2.75, 3.05) is 11.3 Å². The number of hydrogen-bond donors (Lipinski definition) is 1. The number of benzene rings is 1. The summed E-state index contributed by atoms with van der Waals surface area (Å²) in [6.45, 7) is 1.92. The summed E-state index contributed by atoms with van der Waals surface area (Å²) < 4.78 is 45.5. The molecule has 0 saturated carbocycles. The van der Waals surface area contributed by atoms with E-state index in [0.29, 0.717) is 5.56 Å². The van der Waals surface area contributed by atoms with Crippen LogP contribution in [0.4, 0.5) is 9.39 Å². The molecule has 1 N–H and O–H groups in total. The summed E-state index contributed by atoms with van der Waals surface area (Å²) in [5.74, 6) is -1.04. The number of carbonyl (C=O) groups excluding carboxylic acids is 1. The maximum Gasteiger partial charge on any atom is 0.341 e. The van der Waals surface area contributed by atoms with Crippen molar-refractivity contribution in [3.05, 3.63) is 46.1 Å². The molecule has 0 aliphatic heterocycles. The Kier molecular flexibility index (Phi) is 4.60. The van der Waals surface area contributed by atoms with E-state index < -0.39 is 21.8 Å². The Morgan fingerprint density at radius 1 is 1.29 bits per heavy atom. The predicted octanol–water partition coefficient (Wildman–Crippen LogP) is 3.35. The number of thiophene rings is 1. The number of fused-ring (bicyclic) bond motifs is 1. The van der Waals surface area contributed by atoms with Crippen LogP contribution in [-0.4, -0.2) is 21.0 Å². The molecule has 128 valence electrons. The minimum Gasteiger partial charge on any atom is -0.462 e. The number of aryl methyl sites for hydroxylation is 1. The van der Waals surface area contributed by atoms with Crippen LogP contribution in [0, 0.1) is 5.82 Å². The van der Waals surface area contributed by atoms with Gasteiger partial charge in [0.2, 0.25) is 0 Å². The van der Waals surface area contributed by atoms with Gasteiger partial charge in [-0.3, -0.25) is 4.72 Å². The van der Waals surface area contributed by atoms with Gasteiger partial charge in [0.1, 0.15) is 10.8 Å². The van der Waals surface area contributed by atoms with Gasteiger partial charge in [-0.25, -0.2) is 17.6 Å². The number of ether oxygens (including phenoxy) is 1. The number of nitrogens with one attached hydrogen (secondary N) is 1. The first-order valence-electron chi connectivity index (χ1n) is 7.52. The zero-order chi connectivity index (χ0) is 17.3. The smallest absolute Gasteiger partial charge is 0.341 e. The minimum absolute atomic E-state index is 0.0627. The van der Waals surface area contributed by atoms with Crippen LogP contribution in [-0.2, 0) is 27.6 Å². The second kappa shape index (κ2) is 6.52. The number of anilines is 1. The molecule has 0 bridgehead atoms. The summed E-state index contributed by atoms with van der Waals surface area (Å²) in [5, 5.41) is 0.266. The number of hydrogen-bond acceptors (Lipinski definition) is 5. The third kappa shape index (κ3) is 3.16. The summed E-state index contributed by atoms with van der Waals surface area (Å²) >= 11 is 1.26. The maximum atomic E-state index is 13.0. The molecule has 0 atom stereocenters. The van der Waals surface area contributed by atoms with Crippen molar-refractivity contribution in [1.29, 1.82) is 0 Å². The van der Waals surface area contributed by atoms with E-state index in [4.69, 9.17) is 4.74 Å². The van der Waals surface area contributed by atoms with Gasteiger partial charge in [0, 0.05) is 4.88 Å². The van der Waals surface area contributed by atoms with Gasteiger partial charge in [0.15, 0.2) is 0 Å². The van der Waals surface area contributed by atoms with Gasteiger partial charge >= 0.3 is 5.97 Å². The molecule has 8 heteroatoms. The molecule has 1 aliphatic rings. The molecule has 1 aliphatic carbocycles. The fraction of sp³-hybridized carbons (Fsp3) is 0.312. The first kappa shape index (κ1) is 16.9. The monoisotopic (exact) mass is 369 g/mol. The average molecular weight is 369 g/mol. The van der Waals surface area contributed by atoms with E-state index in [2.05, 4.69) is 4.72 Å². The number of carbonyl (C=O) groups is 1. The number of sulfonamides is 1. The lowest BCUT2D eigenvalue weighted by Crippen LogP contribution is -2.15. The molecule has 5 nitrogen and oxygen atoms in total. The highest BCUT2D eigenvalue weighted by Crippen LogP contribution is 2.40. The molecule has 0 unspecified atom stereocenters. The van der Waals surface area contributed by atoms with Crippen LogP contribution in [0.15, 0.2) is 29.2 Å². The van der Waals surface area contributed by atoms with Crippen LogP contribution in [0.25, 0.3) is 0 Å². The van der Waals surface area contributed by atoms with Crippen LogP contribution in [0.5, 0.6) is 0 Å². The van der Waals surface area contributed by atoms with Crippen molar-refractivity contribution in [3.8, 4) is 0 Å². The highest BCUT2D eigenvalue weighted by atomic mass is 32.2. The van der Waals surface area contributed by atoms with Crippen molar-refractivity contribution in [2.45, 2.75) is 31.1 Å². The fourth-order valence-corrected chi connectivity index (χ4v) is 5.27. The highest BCUT2D eigenvalue weighted by Gasteiger charge is 2.29. The molecule has 1 heterocycles. The van der Waals surface area contributed by atoms with E-state index in [1.165, 1.54) is 23.5 Å². The van der Waals surface area contributed by atoms with Gasteiger partial charge in [-0.1, -0.05) is 0 Å². The van der Waals surface area contributed by atoms with Gasteiger partial charge < -0.3 is 4.74 Å². The molecule has 1 aromatic carbocycles. The van der Waals surface area contributed by atoms with Crippen molar-refractivity contribution in [1.82, 2.24) is 0 Å². The zero-order valence-corrected chi connectivity index (χ0v) is 14.6. The Balaban J connectivity index is 1.98. The standard InChI is InChI=1S/C16H16FNO4S2/c1-2-22-16(19)14-12-4-3-5-13(12)23-15(14)18-24(20,21)11-8-6-10(17)7-9-11/h6-9,18H,2-5H2,1H3. The van der Waals surface area contributed by atoms with Gasteiger partial charge in [-0.2, -0.15) is 0 Å². The molecular weight excluding hydrogens is 353 g/mol. The SMILES string of the molecule is CCOC(=O)c1c(NS(=O)(=O)c2ccc(F)cc2)sc2c1CCC2. The van der Waals surface area contributed by atoms with E-state index >= 15 is 0 Å². The third-order valence-electron chi connectivity index (χ3n) is 3.75. The minimum atomic E-state index is -3.90. The van der Waals surface area contributed by atoms with E-state index in [0.717, 1.165) is 41.8 Å². The first-order chi connectivity index (χ1) is 11.4. The van der Waals surface area contributed by atoms with Crippen LogP contribution >= 0.6 is 11.3 Å². The number of halogens is 1. The largest absolute Gasteiger partial charge is 0.462 e. The molecular formula is C16H16FNO4S2. The molecule has 3 rings (SSSR count). The quantitative estimate of drug-likeness (QED) is 0.821. The summed E-state index contributed by atoms with van der Waals surface area (Å²) in [4.78, 5) is 13.2. The Bertz CT molecular complexity index is 872. The van der Waals surface area contributed by atoms with Crippen LogP contribution in [0.3, 0.4) is 0 Å². The molecule has 24 heavy (non-hydrogen) atoms. The van der Waals surface area contributed by atoms with Gasteiger partial charge in [0.25, 0.3) is 10.0 Å². The van der Waals surface area contributed by atoms with E-state index in [9.17, 15) is 17.6 Å². The number of rotatable bonds is 5. The predicted molar refractivity (Wildman–Crippen MR) is 89.5 cm³/mol. The summed E-state index contributed by atoms with van der Waals surface area (Å²) in [5.41, 5.74) is 1.18. The molecule has 0 amide bonds. The summed E-state index contributed by atoms with van der Waals surface area (Å²) in [6, 6.07) is 4.52. The Hall–Kier alpha value is -1.93. The lowest BCUT2D eigenvalue weighted by atomic mass is 10.1. The lowest BCUT2D eigenvalue weighted by Gasteiger charge is -2.09. The molecule has 0 spiro atoms. The third-order valence-corrected chi connectivity index (χ3v) is 6.45. The normalized spacial score (nSPS) is 13.6. The van der Waals surface area contributed by atoms with Crippen LogP contribution in [0.2, 0.25) is 0 Å². The molecule has 0 fully saturated rings. The topological polar surface area (TPSA) is 72.5 Å². The lowest BCUT2D eigenvalue weighted by molar-refractivity contribution is 0.0527. The van der Waals surface area contributed by atoms with E-state index in [-0.39, 0.29) is 16.5 Å². The second-order valence-electron chi connectivity index (χ2n) is 5.34. The number of esters is 1. The van der Waals surface area contributed by atoms with Gasteiger partial charge in [-0.05, 0) is 56.0 Å². The Morgan fingerprint density at radius 2 is 2.00 bits per heavy atom. The van der Waals surface area contributed by atoms with Crippen molar-refractivity contribution < 1.29 is 22.3 Å². The van der Waals surface area contributed by atoms with E-state index in [1.54, 1.807) is 6.92 Å². The first-order valence-corrected chi connectivity index (χ1v) is 9.82. The van der Waals surface area contributed by atoms with Gasteiger partial charge in [0.05, 0.1) is 17.1 Å². The Labute approximate surface area is 143 Å². The van der Waals surface area contributed by atoms with E-state index in [1.807, 2.05) is 0 Å². The van der Waals surface area contributed by atoms with Crippen LogP contribution < -0.4 is 4.72 Å². The van der Waals surface area contributed by atoms with Crippen molar-refractivity contribution in [2.24, 2.45) is 0 Å². The molecule has 1 aromatic heterocycles. The van der Waals surface area contributed by atoms with Crippen LogP contribution in [0.1, 0.15) is 34.1 Å². The summed E-state index contributed by atoms with van der Waals surface area (Å²) in [7, 11) is -3.90. The maximum absolute atomic E-state index is 13.0. The Morgan fingerprint density at radius 3 is 2.67 bits per heavy atom. The highest BCUT2D eigenvalue weighted by molar-refractivity contribution is 7.93. The fourth-order valence-electron chi connectivity index (χ4n) is 2.69. The van der Waals surface area contributed by atoms with Crippen molar-refractivity contribution in [3.63, 3.8) is 0 Å². The average Bonchev–Trinajstić information content (AvgIpc) is 3.07. The molecule has 2 aromatic rings. The molecule has 0 radical (unpaired) electrons. The second-order valence-corrected chi connectivity index (χ2v) is 8.13. The van der Waals surface area contributed by atoms with Gasteiger partial charge in [-0.15, -0.1) is 11.3 Å². The zero-order valence-electron chi connectivity index (χ0n) is 13.0. The summed E-state index contributed by atoms with van der Waals surface area (Å²) in [6.07, 6.45) is 2.50.